The average Bonchev–Trinajstić information content (AvgIpc) is 2.69. The molecule has 0 radical (unpaired) electrons. The van der Waals surface area contributed by atoms with Gasteiger partial charge < -0.3 is 9.64 Å². The average molecular weight is 351 g/mol. The molecule has 4 nitrogen and oxygen atoms in total. The molecular formula is C22H25NO3. The lowest BCUT2D eigenvalue weighted by molar-refractivity contribution is -0.142. The molecule has 1 atom stereocenters. The van der Waals surface area contributed by atoms with Crippen LogP contribution in [-0.4, -0.2) is 29.9 Å². The van der Waals surface area contributed by atoms with E-state index in [-0.39, 0.29) is 5.91 Å². The van der Waals surface area contributed by atoms with Gasteiger partial charge in [-0.25, -0.2) is 4.79 Å². The molecule has 1 aliphatic heterocycles. The highest BCUT2D eigenvalue weighted by molar-refractivity contribution is 5.93. The highest BCUT2D eigenvalue weighted by atomic mass is 16.5. The number of esters is 1. The number of likely N-dealkylation sites (tertiary alicyclic amines) is 1. The fraction of sp³-hybridized carbons (Fsp3) is 0.364. The molecule has 1 amide bonds. The zero-order chi connectivity index (χ0) is 18.5. The fourth-order valence-electron chi connectivity index (χ4n) is 3.21. The molecule has 0 saturated carbocycles. The van der Waals surface area contributed by atoms with Gasteiger partial charge in [0.2, 0.25) is 6.10 Å². The number of piperidine rings is 1. The van der Waals surface area contributed by atoms with Crippen molar-refractivity contribution >= 4 is 11.9 Å². The topological polar surface area (TPSA) is 46.6 Å². The Labute approximate surface area is 154 Å². The van der Waals surface area contributed by atoms with Gasteiger partial charge in [-0.05, 0) is 56.4 Å². The van der Waals surface area contributed by atoms with E-state index in [4.69, 9.17) is 4.74 Å². The Morgan fingerprint density at radius 3 is 2.27 bits per heavy atom. The molecule has 1 aliphatic rings. The van der Waals surface area contributed by atoms with Crippen LogP contribution in [0, 0.1) is 13.8 Å². The minimum Gasteiger partial charge on any atom is -0.444 e. The van der Waals surface area contributed by atoms with E-state index in [1.54, 1.807) is 6.07 Å². The highest BCUT2D eigenvalue weighted by Crippen LogP contribution is 2.24. The second kappa shape index (κ2) is 8.17. The standard InChI is InChI=1S/C22H25NO3/c1-16-11-12-19(15-17(16)2)22(25)26-20(18-9-5-3-6-10-18)21(24)23-13-7-4-8-14-23/h3,5-6,9-12,15,20H,4,7-8,13-14H2,1-2H3/t20-/m0/s1. The Bertz CT molecular complexity index is 779. The monoisotopic (exact) mass is 351 g/mol. The number of amides is 1. The maximum Gasteiger partial charge on any atom is 0.339 e. The highest BCUT2D eigenvalue weighted by Gasteiger charge is 2.30. The fourth-order valence-corrected chi connectivity index (χ4v) is 3.21. The molecule has 2 aromatic carbocycles. The number of ether oxygens (including phenoxy) is 1. The molecule has 26 heavy (non-hydrogen) atoms. The molecule has 4 heteroatoms. The number of carbonyl (C=O) groups is 2. The van der Waals surface area contributed by atoms with E-state index in [2.05, 4.69) is 0 Å². The van der Waals surface area contributed by atoms with E-state index in [0.717, 1.165) is 43.5 Å². The van der Waals surface area contributed by atoms with Crippen molar-refractivity contribution in [2.75, 3.05) is 13.1 Å². The number of carbonyl (C=O) groups excluding carboxylic acids is 2. The van der Waals surface area contributed by atoms with Gasteiger partial charge >= 0.3 is 5.97 Å². The van der Waals surface area contributed by atoms with Gasteiger partial charge in [0.05, 0.1) is 5.56 Å². The number of nitrogens with zero attached hydrogens (tertiary/aromatic N) is 1. The third kappa shape index (κ3) is 4.13. The Morgan fingerprint density at radius 1 is 0.923 bits per heavy atom. The molecule has 1 saturated heterocycles. The number of benzene rings is 2. The van der Waals surface area contributed by atoms with Crippen LogP contribution in [0.15, 0.2) is 48.5 Å². The molecule has 0 unspecified atom stereocenters. The van der Waals surface area contributed by atoms with Gasteiger partial charge in [0.1, 0.15) is 0 Å². The van der Waals surface area contributed by atoms with E-state index < -0.39 is 12.1 Å². The van der Waals surface area contributed by atoms with E-state index in [1.165, 1.54) is 0 Å². The molecule has 3 rings (SSSR count). The summed E-state index contributed by atoms with van der Waals surface area (Å²) in [6, 6.07) is 14.7. The van der Waals surface area contributed by atoms with E-state index in [9.17, 15) is 9.59 Å². The molecule has 0 aliphatic carbocycles. The summed E-state index contributed by atoms with van der Waals surface area (Å²) in [7, 11) is 0. The van der Waals surface area contributed by atoms with Crippen molar-refractivity contribution < 1.29 is 14.3 Å². The van der Waals surface area contributed by atoms with Crippen molar-refractivity contribution in [1.29, 1.82) is 0 Å². The van der Waals surface area contributed by atoms with Crippen molar-refractivity contribution in [2.24, 2.45) is 0 Å². The SMILES string of the molecule is Cc1ccc(C(=O)O[C@H](C(=O)N2CCCCC2)c2ccccc2)cc1C. The minimum atomic E-state index is -0.900. The minimum absolute atomic E-state index is 0.131. The van der Waals surface area contributed by atoms with E-state index in [0.29, 0.717) is 11.1 Å². The smallest absolute Gasteiger partial charge is 0.339 e. The molecule has 0 spiro atoms. The molecule has 136 valence electrons. The van der Waals surface area contributed by atoms with Gasteiger partial charge in [0, 0.05) is 18.7 Å². The molecule has 2 aromatic rings. The Hall–Kier alpha value is -2.62. The van der Waals surface area contributed by atoms with Crippen molar-refractivity contribution in [3.05, 3.63) is 70.8 Å². The quantitative estimate of drug-likeness (QED) is 0.775. The van der Waals surface area contributed by atoms with Crippen LogP contribution in [0.2, 0.25) is 0 Å². The lowest BCUT2D eigenvalue weighted by atomic mass is 10.0. The van der Waals surface area contributed by atoms with Crippen LogP contribution in [0.3, 0.4) is 0 Å². The van der Waals surface area contributed by atoms with Crippen molar-refractivity contribution in [2.45, 2.75) is 39.2 Å². The van der Waals surface area contributed by atoms with Gasteiger partial charge in [0.15, 0.2) is 0 Å². The van der Waals surface area contributed by atoms with Gasteiger partial charge in [0.25, 0.3) is 5.91 Å². The van der Waals surface area contributed by atoms with Crippen LogP contribution in [0.25, 0.3) is 0 Å². The first-order valence-corrected chi connectivity index (χ1v) is 9.18. The summed E-state index contributed by atoms with van der Waals surface area (Å²) in [5.74, 6) is -0.597. The predicted octanol–water partition coefficient (Wildman–Crippen LogP) is 4.21. The van der Waals surface area contributed by atoms with Crippen LogP contribution < -0.4 is 0 Å². The summed E-state index contributed by atoms with van der Waals surface area (Å²) < 4.78 is 5.70. The van der Waals surface area contributed by atoms with Crippen LogP contribution >= 0.6 is 0 Å². The first-order valence-electron chi connectivity index (χ1n) is 9.18. The third-order valence-corrected chi connectivity index (χ3v) is 4.96. The second-order valence-corrected chi connectivity index (χ2v) is 6.88. The molecule has 1 fully saturated rings. The number of hydrogen-bond acceptors (Lipinski definition) is 3. The summed E-state index contributed by atoms with van der Waals surface area (Å²) >= 11 is 0. The first-order chi connectivity index (χ1) is 12.6. The predicted molar refractivity (Wildman–Crippen MR) is 101 cm³/mol. The molecule has 0 aromatic heterocycles. The number of hydrogen-bond donors (Lipinski definition) is 0. The Morgan fingerprint density at radius 2 is 1.62 bits per heavy atom. The third-order valence-electron chi connectivity index (χ3n) is 4.96. The van der Waals surface area contributed by atoms with Crippen LogP contribution in [0.4, 0.5) is 0 Å². The van der Waals surface area contributed by atoms with E-state index >= 15 is 0 Å². The summed E-state index contributed by atoms with van der Waals surface area (Å²) in [4.78, 5) is 27.5. The van der Waals surface area contributed by atoms with Gasteiger partial charge in [-0.3, -0.25) is 4.79 Å². The largest absolute Gasteiger partial charge is 0.444 e. The van der Waals surface area contributed by atoms with Crippen molar-refractivity contribution in [3.8, 4) is 0 Å². The van der Waals surface area contributed by atoms with E-state index in [1.807, 2.05) is 61.2 Å². The molecule has 0 N–H and O–H groups in total. The molecular weight excluding hydrogens is 326 g/mol. The van der Waals surface area contributed by atoms with Crippen LogP contribution in [-0.2, 0) is 9.53 Å². The lowest BCUT2D eigenvalue weighted by Crippen LogP contribution is -2.40. The molecule has 0 bridgehead atoms. The summed E-state index contributed by atoms with van der Waals surface area (Å²) in [6.45, 7) is 5.41. The zero-order valence-electron chi connectivity index (χ0n) is 15.4. The first kappa shape index (κ1) is 18.2. The van der Waals surface area contributed by atoms with Crippen molar-refractivity contribution in [1.82, 2.24) is 4.90 Å². The van der Waals surface area contributed by atoms with Crippen LogP contribution in [0.5, 0.6) is 0 Å². The normalized spacial score (nSPS) is 15.4. The van der Waals surface area contributed by atoms with Gasteiger partial charge in [-0.15, -0.1) is 0 Å². The molecule has 1 heterocycles. The Balaban J connectivity index is 1.84. The van der Waals surface area contributed by atoms with Gasteiger partial charge in [-0.1, -0.05) is 36.4 Å². The maximum atomic E-state index is 13.0. The summed E-state index contributed by atoms with van der Waals surface area (Å²) in [5.41, 5.74) is 3.32. The zero-order valence-corrected chi connectivity index (χ0v) is 15.4. The lowest BCUT2D eigenvalue weighted by Gasteiger charge is -2.30. The summed E-state index contributed by atoms with van der Waals surface area (Å²) in [6.07, 6.45) is 2.24. The number of aryl methyl sites for hydroxylation is 2. The second-order valence-electron chi connectivity index (χ2n) is 6.88. The van der Waals surface area contributed by atoms with Gasteiger partial charge in [-0.2, -0.15) is 0 Å². The van der Waals surface area contributed by atoms with Crippen molar-refractivity contribution in [3.63, 3.8) is 0 Å². The number of rotatable bonds is 4. The maximum absolute atomic E-state index is 13.0. The summed E-state index contributed by atoms with van der Waals surface area (Å²) in [5, 5.41) is 0. The van der Waals surface area contributed by atoms with Crippen LogP contribution in [0.1, 0.15) is 52.4 Å². The Kier molecular flexibility index (Phi) is 5.71.